The van der Waals surface area contributed by atoms with Crippen molar-refractivity contribution in [2.45, 2.75) is 19.8 Å². The Bertz CT molecular complexity index is 404. The molecule has 0 radical (unpaired) electrons. The molecule has 2 rings (SSSR count). The summed E-state index contributed by atoms with van der Waals surface area (Å²) in [5.74, 6) is -0.0957. The number of hydrogen-bond acceptors (Lipinski definition) is 2. The summed E-state index contributed by atoms with van der Waals surface area (Å²) in [4.78, 5) is 14.1. The van der Waals surface area contributed by atoms with Crippen LogP contribution in [0.15, 0.2) is 24.3 Å². The third-order valence-corrected chi connectivity index (χ3v) is 3.37. The molecule has 1 unspecified atom stereocenters. The van der Waals surface area contributed by atoms with Gasteiger partial charge >= 0.3 is 0 Å². The van der Waals surface area contributed by atoms with Crippen LogP contribution in [0.5, 0.6) is 0 Å². The van der Waals surface area contributed by atoms with E-state index in [0.717, 1.165) is 31.6 Å². The van der Waals surface area contributed by atoms with Crippen LogP contribution in [0, 0.1) is 11.7 Å². The van der Waals surface area contributed by atoms with E-state index < -0.39 is 0 Å². The van der Waals surface area contributed by atoms with Crippen molar-refractivity contribution in [3.05, 3.63) is 30.1 Å². The van der Waals surface area contributed by atoms with Crippen LogP contribution >= 0.6 is 12.4 Å². The third kappa shape index (κ3) is 3.91. The number of hydrogen-bond donors (Lipinski definition) is 1. The Balaban J connectivity index is 0.00000180. The molecule has 1 aromatic carbocycles. The van der Waals surface area contributed by atoms with Crippen molar-refractivity contribution in [1.82, 2.24) is 5.32 Å². The summed E-state index contributed by atoms with van der Waals surface area (Å²) in [7, 11) is 0. The zero-order valence-electron chi connectivity index (χ0n) is 11.1. The molecule has 1 aromatic rings. The van der Waals surface area contributed by atoms with Crippen molar-refractivity contribution in [3.63, 3.8) is 0 Å². The Labute approximate surface area is 119 Å². The molecule has 1 amide bonds. The molecule has 1 aliphatic rings. The highest BCUT2D eigenvalue weighted by molar-refractivity contribution is 5.95. The van der Waals surface area contributed by atoms with Crippen molar-refractivity contribution >= 4 is 24.0 Å². The number of amides is 1. The maximum Gasteiger partial charge on any atom is 0.231 e. The first kappa shape index (κ1) is 15.9. The monoisotopic (exact) mass is 286 g/mol. The van der Waals surface area contributed by atoms with Crippen molar-refractivity contribution in [3.8, 4) is 0 Å². The molecular weight excluding hydrogens is 267 g/mol. The molecule has 19 heavy (non-hydrogen) atoms. The standard InChI is InChI=1S/C14H19FN2O.ClH/c1-2-17(13-7-5-12(15)6-8-13)14(18)11-4-3-9-16-10-11;/h5-8,11,16H,2-4,9-10H2,1H3;1H. The Kier molecular flexibility index (Phi) is 6.25. The fraction of sp³-hybridized carbons (Fsp3) is 0.500. The summed E-state index contributed by atoms with van der Waals surface area (Å²) >= 11 is 0. The van der Waals surface area contributed by atoms with Gasteiger partial charge in [0.2, 0.25) is 5.91 Å². The smallest absolute Gasteiger partial charge is 0.231 e. The largest absolute Gasteiger partial charge is 0.316 e. The van der Waals surface area contributed by atoms with Gasteiger partial charge < -0.3 is 10.2 Å². The minimum Gasteiger partial charge on any atom is -0.316 e. The SMILES string of the molecule is CCN(C(=O)C1CCCNC1)c1ccc(F)cc1.Cl. The molecule has 0 saturated carbocycles. The lowest BCUT2D eigenvalue weighted by Crippen LogP contribution is -2.43. The molecule has 106 valence electrons. The Morgan fingerprint density at radius 2 is 2.11 bits per heavy atom. The Hall–Kier alpha value is -1.13. The first-order chi connectivity index (χ1) is 8.72. The van der Waals surface area contributed by atoms with Gasteiger partial charge in [0.05, 0.1) is 5.92 Å². The van der Waals surface area contributed by atoms with E-state index in [1.807, 2.05) is 6.92 Å². The number of nitrogens with zero attached hydrogens (tertiary/aromatic N) is 1. The van der Waals surface area contributed by atoms with E-state index in [-0.39, 0.29) is 30.0 Å². The van der Waals surface area contributed by atoms with Gasteiger partial charge in [-0.05, 0) is 50.6 Å². The molecule has 1 aliphatic heterocycles. The van der Waals surface area contributed by atoms with Crippen LogP contribution in [0.2, 0.25) is 0 Å². The van der Waals surface area contributed by atoms with Crippen LogP contribution in [-0.2, 0) is 4.79 Å². The van der Waals surface area contributed by atoms with Crippen LogP contribution in [0.4, 0.5) is 10.1 Å². The summed E-state index contributed by atoms with van der Waals surface area (Å²) in [6, 6.07) is 6.11. The summed E-state index contributed by atoms with van der Waals surface area (Å²) in [6.07, 6.45) is 1.97. The van der Waals surface area contributed by atoms with Crippen LogP contribution in [0.3, 0.4) is 0 Å². The molecule has 1 fully saturated rings. The van der Waals surface area contributed by atoms with E-state index in [9.17, 15) is 9.18 Å². The number of anilines is 1. The van der Waals surface area contributed by atoms with Crippen molar-refractivity contribution in [2.75, 3.05) is 24.5 Å². The van der Waals surface area contributed by atoms with E-state index in [2.05, 4.69) is 5.32 Å². The van der Waals surface area contributed by atoms with E-state index in [1.165, 1.54) is 12.1 Å². The first-order valence-electron chi connectivity index (χ1n) is 6.50. The number of carbonyl (C=O) groups excluding carboxylic acids is 1. The van der Waals surface area contributed by atoms with Crippen molar-refractivity contribution in [1.29, 1.82) is 0 Å². The summed E-state index contributed by atoms with van der Waals surface area (Å²) in [5.41, 5.74) is 0.773. The number of nitrogens with one attached hydrogen (secondary N) is 1. The van der Waals surface area contributed by atoms with Gasteiger partial charge in [0.25, 0.3) is 0 Å². The maximum atomic E-state index is 12.9. The van der Waals surface area contributed by atoms with E-state index in [4.69, 9.17) is 0 Å². The zero-order chi connectivity index (χ0) is 13.0. The molecule has 0 aliphatic carbocycles. The van der Waals surface area contributed by atoms with E-state index >= 15 is 0 Å². The quantitative estimate of drug-likeness (QED) is 0.926. The summed E-state index contributed by atoms with van der Waals surface area (Å²) in [6.45, 7) is 4.29. The molecule has 0 spiro atoms. The Morgan fingerprint density at radius 3 is 2.63 bits per heavy atom. The first-order valence-corrected chi connectivity index (χ1v) is 6.50. The lowest BCUT2D eigenvalue weighted by atomic mass is 9.98. The normalized spacial score (nSPS) is 18.5. The molecule has 1 saturated heterocycles. The molecular formula is C14H20ClFN2O. The highest BCUT2D eigenvalue weighted by Gasteiger charge is 2.25. The van der Waals surface area contributed by atoms with E-state index in [0.29, 0.717) is 6.54 Å². The van der Waals surface area contributed by atoms with Crippen LogP contribution < -0.4 is 10.2 Å². The number of rotatable bonds is 3. The maximum absolute atomic E-state index is 12.9. The van der Waals surface area contributed by atoms with E-state index in [1.54, 1.807) is 17.0 Å². The van der Waals surface area contributed by atoms with Gasteiger partial charge in [-0.15, -0.1) is 12.4 Å². The number of carbonyl (C=O) groups is 1. The summed E-state index contributed by atoms with van der Waals surface area (Å²) < 4.78 is 12.9. The van der Waals surface area contributed by atoms with Crippen LogP contribution in [-0.4, -0.2) is 25.5 Å². The zero-order valence-corrected chi connectivity index (χ0v) is 11.9. The third-order valence-electron chi connectivity index (χ3n) is 3.37. The molecule has 1 atom stereocenters. The predicted octanol–water partition coefficient (Wildman–Crippen LogP) is 2.60. The molecule has 1 N–H and O–H groups in total. The van der Waals surface area contributed by atoms with Gasteiger partial charge in [0.1, 0.15) is 5.82 Å². The molecule has 0 bridgehead atoms. The predicted molar refractivity (Wildman–Crippen MR) is 77.3 cm³/mol. The minimum atomic E-state index is -0.276. The Morgan fingerprint density at radius 1 is 1.42 bits per heavy atom. The second kappa shape index (κ2) is 7.46. The van der Waals surface area contributed by atoms with Gasteiger partial charge in [0, 0.05) is 18.8 Å². The van der Waals surface area contributed by atoms with Gasteiger partial charge in [0.15, 0.2) is 0 Å². The second-order valence-corrected chi connectivity index (χ2v) is 4.60. The lowest BCUT2D eigenvalue weighted by molar-refractivity contribution is -0.122. The number of benzene rings is 1. The molecule has 0 aromatic heterocycles. The lowest BCUT2D eigenvalue weighted by Gasteiger charge is -2.29. The molecule has 5 heteroatoms. The van der Waals surface area contributed by atoms with Crippen molar-refractivity contribution in [2.24, 2.45) is 5.92 Å². The van der Waals surface area contributed by atoms with Gasteiger partial charge in [-0.25, -0.2) is 4.39 Å². The second-order valence-electron chi connectivity index (χ2n) is 4.60. The fourth-order valence-corrected chi connectivity index (χ4v) is 2.37. The fourth-order valence-electron chi connectivity index (χ4n) is 2.37. The minimum absolute atomic E-state index is 0. The number of halogens is 2. The van der Waals surface area contributed by atoms with Crippen molar-refractivity contribution < 1.29 is 9.18 Å². The van der Waals surface area contributed by atoms with Gasteiger partial charge in [-0.3, -0.25) is 4.79 Å². The molecule has 3 nitrogen and oxygen atoms in total. The average Bonchev–Trinajstić information content (AvgIpc) is 2.42. The van der Waals surface area contributed by atoms with Gasteiger partial charge in [-0.1, -0.05) is 0 Å². The highest BCUT2D eigenvalue weighted by atomic mass is 35.5. The number of piperidine rings is 1. The van der Waals surface area contributed by atoms with Gasteiger partial charge in [-0.2, -0.15) is 0 Å². The van der Waals surface area contributed by atoms with Crippen LogP contribution in [0.25, 0.3) is 0 Å². The summed E-state index contributed by atoms with van der Waals surface area (Å²) in [5, 5.41) is 3.25. The average molecular weight is 287 g/mol. The highest BCUT2D eigenvalue weighted by Crippen LogP contribution is 2.20. The molecule has 1 heterocycles. The topological polar surface area (TPSA) is 32.3 Å². The van der Waals surface area contributed by atoms with Crippen LogP contribution in [0.1, 0.15) is 19.8 Å².